The number of hydrogen-bond donors (Lipinski definition) is 0. The molecule has 3 fully saturated rings. The van der Waals surface area contributed by atoms with E-state index < -0.39 is 10.0 Å². The summed E-state index contributed by atoms with van der Waals surface area (Å²) >= 11 is 12.1. The second-order valence-corrected chi connectivity index (χ2v) is 11.4. The highest BCUT2D eigenvalue weighted by Crippen LogP contribution is 2.46. The van der Waals surface area contributed by atoms with E-state index in [9.17, 15) is 8.42 Å². The zero-order valence-electron chi connectivity index (χ0n) is 15.9. The molecule has 4 atom stereocenters. The van der Waals surface area contributed by atoms with Crippen LogP contribution in [0.25, 0.3) is 0 Å². The minimum absolute atomic E-state index is 0.00710. The Morgan fingerprint density at radius 3 is 2.71 bits per heavy atom. The van der Waals surface area contributed by atoms with Gasteiger partial charge in [0.1, 0.15) is 0 Å². The molecule has 0 amide bonds. The van der Waals surface area contributed by atoms with Crippen LogP contribution in [0, 0.1) is 11.8 Å². The minimum Gasteiger partial charge on any atom is -0.299 e. The third-order valence-corrected chi connectivity index (χ3v) is 9.72. The quantitative estimate of drug-likeness (QED) is 0.631. The molecule has 0 N–H and O–H groups in total. The summed E-state index contributed by atoms with van der Waals surface area (Å²) in [6.45, 7) is 2.76. The van der Waals surface area contributed by atoms with Gasteiger partial charge in [-0.3, -0.25) is 4.90 Å². The van der Waals surface area contributed by atoms with Crippen LogP contribution in [-0.2, 0) is 10.0 Å². The zero-order valence-corrected chi connectivity index (χ0v) is 18.2. The number of hydrogen-bond acceptors (Lipinski definition) is 3. The summed E-state index contributed by atoms with van der Waals surface area (Å²) in [4.78, 5) is 2.88. The zero-order chi connectivity index (χ0) is 19.5. The number of fused-ring (bicyclic) bond motifs is 6. The van der Waals surface area contributed by atoms with Crippen molar-refractivity contribution >= 4 is 33.2 Å². The normalized spacial score (nSPS) is 33.7. The van der Waals surface area contributed by atoms with E-state index in [1.807, 2.05) is 0 Å². The van der Waals surface area contributed by atoms with Crippen LogP contribution >= 0.6 is 23.2 Å². The molecule has 1 aromatic carbocycles. The molecule has 4 nitrogen and oxygen atoms in total. The lowest BCUT2D eigenvalue weighted by molar-refractivity contribution is 0.0149. The van der Waals surface area contributed by atoms with Gasteiger partial charge in [-0.2, -0.15) is 4.31 Å². The highest BCUT2D eigenvalue weighted by molar-refractivity contribution is 7.89. The first-order valence-electron chi connectivity index (χ1n) is 10.4. The Morgan fingerprint density at radius 2 is 1.89 bits per heavy atom. The Morgan fingerprint density at radius 1 is 1.04 bits per heavy atom. The molecular formula is C21H26Cl2N2O2S. The summed E-state index contributed by atoms with van der Waals surface area (Å²) in [5.41, 5.74) is 1.35. The van der Waals surface area contributed by atoms with Gasteiger partial charge in [-0.1, -0.05) is 41.3 Å². The maximum Gasteiger partial charge on any atom is 0.243 e. The predicted octanol–water partition coefficient (Wildman–Crippen LogP) is 4.58. The molecule has 1 aliphatic carbocycles. The van der Waals surface area contributed by atoms with Crippen LogP contribution in [0.3, 0.4) is 0 Å². The molecule has 3 aliphatic heterocycles. The van der Waals surface area contributed by atoms with E-state index >= 15 is 0 Å². The third-order valence-electron chi connectivity index (χ3n) is 7.11. The molecule has 3 heterocycles. The van der Waals surface area contributed by atoms with Gasteiger partial charge < -0.3 is 0 Å². The van der Waals surface area contributed by atoms with Crippen molar-refractivity contribution in [1.82, 2.24) is 9.21 Å². The molecule has 4 aliphatic rings. The van der Waals surface area contributed by atoms with Crippen molar-refractivity contribution in [2.45, 2.75) is 55.5 Å². The van der Waals surface area contributed by atoms with Crippen molar-refractivity contribution in [3.05, 3.63) is 39.9 Å². The van der Waals surface area contributed by atoms with Crippen molar-refractivity contribution < 1.29 is 8.42 Å². The summed E-state index contributed by atoms with van der Waals surface area (Å²) < 4.78 is 28.8. The molecule has 1 aromatic rings. The molecule has 0 unspecified atom stereocenters. The Labute approximate surface area is 177 Å². The highest BCUT2D eigenvalue weighted by atomic mass is 35.5. The summed E-state index contributed by atoms with van der Waals surface area (Å²) in [6, 6.07) is 5.31. The maximum atomic E-state index is 13.5. The van der Waals surface area contributed by atoms with E-state index in [2.05, 4.69) is 11.0 Å². The van der Waals surface area contributed by atoms with Crippen LogP contribution in [0.1, 0.15) is 38.5 Å². The van der Waals surface area contributed by atoms with Crippen molar-refractivity contribution in [3.63, 3.8) is 0 Å². The van der Waals surface area contributed by atoms with Gasteiger partial charge in [0.15, 0.2) is 0 Å². The molecular weight excluding hydrogens is 415 g/mol. The lowest BCUT2D eigenvalue weighted by Crippen LogP contribution is -2.59. The van der Waals surface area contributed by atoms with Crippen LogP contribution in [0.5, 0.6) is 0 Å². The standard InChI is InChI=1S/C21H26Cl2N2O2S/c22-18-7-6-17(12-19(18)23)28(26,27)25-9-3-4-14-10-15-11-16(21(14)25)13-24-8-2-1-5-20(15)24/h6-7,10,12,15-16,20-21H,1-5,8-9,11,13H2/t15-,16+,20+,21+/m0/s1. The first kappa shape index (κ1) is 19.4. The maximum absolute atomic E-state index is 13.5. The Balaban J connectivity index is 1.51. The first-order chi connectivity index (χ1) is 13.4. The van der Waals surface area contributed by atoms with Crippen LogP contribution in [0.15, 0.2) is 34.7 Å². The van der Waals surface area contributed by atoms with Gasteiger partial charge in [-0.25, -0.2) is 8.42 Å². The van der Waals surface area contributed by atoms with Gasteiger partial charge in [-0.05, 0) is 68.7 Å². The monoisotopic (exact) mass is 440 g/mol. The lowest BCUT2D eigenvalue weighted by Gasteiger charge is -2.54. The number of piperidine rings is 3. The third kappa shape index (κ3) is 3.14. The van der Waals surface area contributed by atoms with E-state index in [0.29, 0.717) is 29.4 Å². The Kier molecular flexibility index (Phi) is 5.04. The van der Waals surface area contributed by atoms with E-state index in [-0.39, 0.29) is 16.0 Å². The van der Waals surface area contributed by atoms with Gasteiger partial charge in [0, 0.05) is 19.1 Å². The summed E-state index contributed by atoms with van der Waals surface area (Å²) in [5, 5.41) is 0.664. The molecule has 0 radical (unpaired) electrons. The van der Waals surface area contributed by atoms with Crippen LogP contribution < -0.4 is 0 Å². The average molecular weight is 441 g/mol. The fourth-order valence-electron chi connectivity index (χ4n) is 5.97. The molecule has 0 spiro atoms. The summed E-state index contributed by atoms with van der Waals surface area (Å²) in [6.07, 6.45) is 9.35. The van der Waals surface area contributed by atoms with E-state index in [0.717, 1.165) is 32.4 Å². The van der Waals surface area contributed by atoms with Gasteiger partial charge in [-0.15, -0.1) is 0 Å². The molecule has 2 bridgehead atoms. The SMILES string of the molecule is O=S(=O)(c1ccc(Cl)c(Cl)c1)N1CCCC2=C[C@H]3C[C@H](CN4CCCC[C@H]34)[C@@H]21. The van der Waals surface area contributed by atoms with E-state index in [1.165, 1.54) is 30.9 Å². The van der Waals surface area contributed by atoms with Crippen LogP contribution in [-0.4, -0.2) is 49.3 Å². The molecule has 5 rings (SSSR count). The number of halogens is 2. The van der Waals surface area contributed by atoms with Crippen molar-refractivity contribution in [1.29, 1.82) is 0 Å². The van der Waals surface area contributed by atoms with Crippen LogP contribution in [0.4, 0.5) is 0 Å². The number of nitrogens with zero attached hydrogens (tertiary/aromatic N) is 2. The minimum atomic E-state index is -3.61. The lowest BCUT2D eigenvalue weighted by atomic mass is 9.68. The largest absolute Gasteiger partial charge is 0.299 e. The second kappa shape index (κ2) is 7.28. The predicted molar refractivity (Wildman–Crippen MR) is 112 cm³/mol. The molecule has 3 saturated heterocycles. The summed E-state index contributed by atoms with van der Waals surface area (Å²) in [7, 11) is -3.61. The van der Waals surface area contributed by atoms with Gasteiger partial charge in [0.25, 0.3) is 0 Å². The smallest absolute Gasteiger partial charge is 0.243 e. The number of sulfonamides is 1. The van der Waals surface area contributed by atoms with Crippen molar-refractivity contribution in [3.8, 4) is 0 Å². The Hall–Kier alpha value is -0.590. The average Bonchev–Trinajstić information content (AvgIpc) is 2.69. The molecule has 0 aromatic heterocycles. The first-order valence-corrected chi connectivity index (χ1v) is 12.6. The molecule has 7 heteroatoms. The fraction of sp³-hybridized carbons (Fsp3) is 0.619. The summed E-state index contributed by atoms with van der Waals surface area (Å²) in [5.74, 6) is 0.982. The van der Waals surface area contributed by atoms with Crippen molar-refractivity contribution in [2.75, 3.05) is 19.6 Å². The number of rotatable bonds is 2. The molecule has 152 valence electrons. The topological polar surface area (TPSA) is 40.6 Å². The van der Waals surface area contributed by atoms with Gasteiger partial charge in [0.05, 0.1) is 21.0 Å². The van der Waals surface area contributed by atoms with Gasteiger partial charge in [0.2, 0.25) is 10.0 Å². The van der Waals surface area contributed by atoms with E-state index in [4.69, 9.17) is 23.2 Å². The van der Waals surface area contributed by atoms with Crippen molar-refractivity contribution in [2.24, 2.45) is 11.8 Å². The molecule has 28 heavy (non-hydrogen) atoms. The highest BCUT2D eigenvalue weighted by Gasteiger charge is 2.48. The molecule has 0 saturated carbocycles. The second-order valence-electron chi connectivity index (χ2n) is 8.70. The van der Waals surface area contributed by atoms with Crippen LogP contribution in [0.2, 0.25) is 10.0 Å². The fourth-order valence-corrected chi connectivity index (χ4v) is 8.08. The van der Waals surface area contributed by atoms with E-state index in [1.54, 1.807) is 16.4 Å². The Bertz CT molecular complexity index is 917. The number of benzene rings is 1. The van der Waals surface area contributed by atoms with Gasteiger partial charge >= 0.3 is 0 Å².